The van der Waals surface area contributed by atoms with Crippen molar-refractivity contribution in [2.75, 3.05) is 26.4 Å². The number of hydrogen-bond acceptors (Lipinski definition) is 6. The minimum atomic E-state index is -0.141. The Morgan fingerprint density at radius 3 is 2.70 bits per heavy atom. The van der Waals surface area contributed by atoms with Gasteiger partial charge in [-0.3, -0.25) is 4.79 Å². The number of nitrogens with zero attached hydrogens (tertiary/aromatic N) is 2. The molecule has 1 amide bonds. The second-order valence-corrected chi connectivity index (χ2v) is 7.18. The third-order valence-electron chi connectivity index (χ3n) is 4.93. The van der Waals surface area contributed by atoms with E-state index in [1.807, 2.05) is 43.3 Å². The van der Waals surface area contributed by atoms with E-state index >= 15 is 0 Å². The number of carbonyl (C=O) groups is 1. The highest BCUT2D eigenvalue weighted by molar-refractivity contribution is 5.99. The van der Waals surface area contributed by atoms with Crippen LogP contribution in [-0.2, 0) is 21.0 Å². The van der Waals surface area contributed by atoms with Crippen LogP contribution in [0.2, 0.25) is 0 Å². The van der Waals surface area contributed by atoms with Crippen LogP contribution in [0.1, 0.15) is 37.3 Å². The number of rotatable bonds is 10. The zero-order valence-electron chi connectivity index (χ0n) is 17.4. The highest BCUT2D eigenvalue weighted by Crippen LogP contribution is 2.13. The van der Waals surface area contributed by atoms with Gasteiger partial charge in [0.2, 0.25) is 5.88 Å². The molecule has 1 aromatic carbocycles. The second-order valence-electron chi connectivity index (χ2n) is 7.18. The lowest BCUT2D eigenvalue weighted by molar-refractivity contribution is -0.123. The number of oxime groups is 1. The minimum Gasteiger partial charge on any atom is -0.468 e. The molecule has 2 heterocycles. The molecule has 1 aliphatic heterocycles. The summed E-state index contributed by atoms with van der Waals surface area (Å²) >= 11 is 0. The Morgan fingerprint density at radius 2 is 2.00 bits per heavy atom. The highest BCUT2D eigenvalue weighted by atomic mass is 16.6. The van der Waals surface area contributed by atoms with Gasteiger partial charge in [0, 0.05) is 37.6 Å². The van der Waals surface area contributed by atoms with E-state index in [4.69, 9.17) is 14.3 Å². The summed E-state index contributed by atoms with van der Waals surface area (Å²) in [4.78, 5) is 21.7. The Hall–Kier alpha value is -2.93. The summed E-state index contributed by atoms with van der Waals surface area (Å²) in [6.07, 6.45) is 4.37. The maximum Gasteiger partial charge on any atom is 0.258 e. The average molecular weight is 412 g/mol. The van der Waals surface area contributed by atoms with Gasteiger partial charge in [0.25, 0.3) is 5.91 Å². The number of aromatic nitrogens is 1. The summed E-state index contributed by atoms with van der Waals surface area (Å²) in [5.74, 6) is 0.745. The molecule has 3 rings (SSSR count). The van der Waals surface area contributed by atoms with Crippen molar-refractivity contribution in [3.05, 3.63) is 59.8 Å². The Morgan fingerprint density at radius 1 is 1.20 bits per heavy atom. The monoisotopic (exact) mass is 411 g/mol. The summed E-state index contributed by atoms with van der Waals surface area (Å²) in [6, 6.07) is 13.5. The summed E-state index contributed by atoms with van der Waals surface area (Å²) < 4.78 is 10.8. The molecular weight excluding hydrogens is 382 g/mol. The number of amides is 1. The van der Waals surface area contributed by atoms with Crippen molar-refractivity contribution < 1.29 is 19.1 Å². The van der Waals surface area contributed by atoms with Gasteiger partial charge in [-0.2, -0.15) is 0 Å². The largest absolute Gasteiger partial charge is 0.468 e. The van der Waals surface area contributed by atoms with Crippen LogP contribution in [0.4, 0.5) is 0 Å². The highest BCUT2D eigenvalue weighted by Gasteiger charge is 2.15. The van der Waals surface area contributed by atoms with E-state index in [0.29, 0.717) is 31.4 Å². The lowest BCUT2D eigenvalue weighted by Gasteiger charge is -2.22. The molecule has 0 unspecified atom stereocenters. The lowest BCUT2D eigenvalue weighted by atomic mass is 10.0. The Kier molecular flexibility index (Phi) is 8.65. The first-order chi connectivity index (χ1) is 14.7. The maximum absolute atomic E-state index is 12.0. The van der Waals surface area contributed by atoms with E-state index in [1.165, 1.54) is 0 Å². The first-order valence-electron chi connectivity index (χ1n) is 10.4. The fraction of sp³-hybridized carbons (Fsp3) is 0.435. The molecular formula is C23H29N3O4. The number of hydrogen-bond donors (Lipinski definition) is 1. The van der Waals surface area contributed by atoms with Crippen LogP contribution in [0.3, 0.4) is 0 Å². The van der Waals surface area contributed by atoms with Crippen LogP contribution < -0.4 is 10.1 Å². The SMILES string of the molecule is CC/C(=N\OCc1ccccc1)c1ccc(OCC(=O)NCC2CCOCC2)nc1. The van der Waals surface area contributed by atoms with Gasteiger partial charge in [-0.05, 0) is 36.8 Å². The van der Waals surface area contributed by atoms with Crippen molar-refractivity contribution >= 4 is 11.6 Å². The van der Waals surface area contributed by atoms with Crippen molar-refractivity contribution in [3.8, 4) is 5.88 Å². The van der Waals surface area contributed by atoms with E-state index in [9.17, 15) is 4.79 Å². The number of ether oxygens (including phenoxy) is 2. The summed E-state index contributed by atoms with van der Waals surface area (Å²) in [5.41, 5.74) is 2.73. The van der Waals surface area contributed by atoms with E-state index in [-0.39, 0.29) is 12.5 Å². The second kappa shape index (κ2) is 11.9. The van der Waals surface area contributed by atoms with E-state index in [0.717, 1.165) is 42.9 Å². The van der Waals surface area contributed by atoms with Crippen LogP contribution in [0, 0.1) is 5.92 Å². The first-order valence-corrected chi connectivity index (χ1v) is 10.4. The van der Waals surface area contributed by atoms with Crippen molar-refractivity contribution in [2.45, 2.75) is 32.8 Å². The standard InChI is InChI=1S/C23H29N3O4/c1-2-21(26-30-16-19-6-4-3-5-7-19)20-8-9-23(25-15-20)29-17-22(27)24-14-18-10-12-28-13-11-18/h3-9,15,18H,2,10-14,16-17H2,1H3,(H,24,27)/b26-21+. The van der Waals surface area contributed by atoms with Gasteiger partial charge in [-0.15, -0.1) is 0 Å². The molecule has 0 radical (unpaired) electrons. The van der Waals surface area contributed by atoms with Gasteiger partial charge >= 0.3 is 0 Å². The van der Waals surface area contributed by atoms with Crippen LogP contribution >= 0.6 is 0 Å². The van der Waals surface area contributed by atoms with Gasteiger partial charge in [0.15, 0.2) is 6.61 Å². The molecule has 2 aromatic rings. The van der Waals surface area contributed by atoms with Crippen LogP contribution in [0.25, 0.3) is 0 Å². The number of benzene rings is 1. The minimum absolute atomic E-state index is 0.0511. The van der Waals surface area contributed by atoms with Crippen LogP contribution in [0.15, 0.2) is 53.8 Å². The van der Waals surface area contributed by atoms with E-state index in [2.05, 4.69) is 15.5 Å². The number of nitrogens with one attached hydrogen (secondary N) is 1. The fourth-order valence-electron chi connectivity index (χ4n) is 3.12. The van der Waals surface area contributed by atoms with Crippen molar-refractivity contribution in [1.29, 1.82) is 0 Å². The summed E-state index contributed by atoms with van der Waals surface area (Å²) in [5, 5.41) is 7.16. The molecule has 1 N–H and O–H groups in total. The summed E-state index contributed by atoms with van der Waals surface area (Å²) in [6.45, 7) is 4.59. The quantitative estimate of drug-likeness (QED) is 0.479. The molecule has 0 saturated carbocycles. The van der Waals surface area contributed by atoms with Gasteiger partial charge in [-0.25, -0.2) is 4.98 Å². The van der Waals surface area contributed by atoms with Gasteiger partial charge in [0.1, 0.15) is 6.61 Å². The van der Waals surface area contributed by atoms with Crippen LogP contribution in [-0.4, -0.2) is 43.0 Å². The third-order valence-corrected chi connectivity index (χ3v) is 4.93. The molecule has 1 fully saturated rings. The zero-order valence-corrected chi connectivity index (χ0v) is 17.4. The molecule has 160 valence electrons. The molecule has 0 spiro atoms. The Bertz CT molecular complexity index is 803. The Balaban J connectivity index is 1.43. The lowest BCUT2D eigenvalue weighted by Crippen LogP contribution is -2.35. The Labute approximate surface area is 177 Å². The summed E-state index contributed by atoms with van der Waals surface area (Å²) in [7, 11) is 0. The fourth-order valence-corrected chi connectivity index (χ4v) is 3.12. The van der Waals surface area contributed by atoms with Crippen LogP contribution in [0.5, 0.6) is 5.88 Å². The van der Waals surface area contributed by atoms with Crippen molar-refractivity contribution in [3.63, 3.8) is 0 Å². The predicted molar refractivity (Wildman–Crippen MR) is 114 cm³/mol. The molecule has 0 bridgehead atoms. The molecule has 30 heavy (non-hydrogen) atoms. The maximum atomic E-state index is 12.0. The molecule has 7 heteroatoms. The third kappa shape index (κ3) is 7.15. The van der Waals surface area contributed by atoms with E-state index < -0.39 is 0 Å². The molecule has 1 aromatic heterocycles. The van der Waals surface area contributed by atoms with Crippen molar-refractivity contribution in [2.24, 2.45) is 11.1 Å². The average Bonchev–Trinajstić information content (AvgIpc) is 2.81. The van der Waals surface area contributed by atoms with E-state index in [1.54, 1.807) is 12.3 Å². The molecule has 1 saturated heterocycles. The number of carbonyl (C=O) groups excluding carboxylic acids is 1. The topological polar surface area (TPSA) is 82.0 Å². The van der Waals surface area contributed by atoms with Gasteiger partial charge < -0.3 is 19.6 Å². The van der Waals surface area contributed by atoms with Crippen molar-refractivity contribution in [1.82, 2.24) is 10.3 Å². The molecule has 7 nitrogen and oxygen atoms in total. The smallest absolute Gasteiger partial charge is 0.258 e. The molecule has 1 aliphatic rings. The molecule has 0 aliphatic carbocycles. The predicted octanol–water partition coefficient (Wildman–Crippen LogP) is 3.33. The zero-order chi connectivity index (χ0) is 21.0. The van der Waals surface area contributed by atoms with Gasteiger partial charge in [-0.1, -0.05) is 42.4 Å². The van der Waals surface area contributed by atoms with Gasteiger partial charge in [0.05, 0.1) is 5.71 Å². The normalized spacial score (nSPS) is 14.9. The number of pyridine rings is 1. The molecule has 0 atom stereocenters. The first kappa shape index (κ1) is 21.8.